The Morgan fingerprint density at radius 1 is 1.06 bits per heavy atom. The van der Waals surface area contributed by atoms with Crippen molar-refractivity contribution in [2.24, 2.45) is 0 Å². The van der Waals surface area contributed by atoms with E-state index in [1.54, 1.807) is 18.2 Å². The van der Waals surface area contributed by atoms with Crippen LogP contribution in [-0.2, 0) is 0 Å². The van der Waals surface area contributed by atoms with Crippen molar-refractivity contribution >= 4 is 39.1 Å². The fourth-order valence-corrected chi connectivity index (χ4v) is 2.61. The molecule has 5 heteroatoms. The molecule has 1 atom stereocenters. The summed E-state index contributed by atoms with van der Waals surface area (Å²) in [6, 6.07) is 8.32. The topological polar surface area (TPSA) is 0 Å². The fourth-order valence-electron chi connectivity index (χ4n) is 1.59. The quantitative estimate of drug-likeness (QED) is 0.608. The van der Waals surface area contributed by atoms with Gasteiger partial charge in [-0.2, -0.15) is 0 Å². The van der Waals surface area contributed by atoms with Crippen molar-refractivity contribution in [3.63, 3.8) is 0 Å². The van der Waals surface area contributed by atoms with E-state index in [1.807, 2.05) is 0 Å². The largest absolute Gasteiger partial charge is 0.207 e. The number of hydrogen-bond acceptors (Lipinski definition) is 0. The van der Waals surface area contributed by atoms with Crippen LogP contribution in [0.25, 0.3) is 0 Å². The molecule has 0 nitrogen and oxygen atoms in total. The van der Waals surface area contributed by atoms with E-state index in [9.17, 15) is 8.78 Å². The van der Waals surface area contributed by atoms with E-state index in [0.717, 1.165) is 18.2 Å². The van der Waals surface area contributed by atoms with Crippen molar-refractivity contribution in [3.05, 3.63) is 68.7 Å². The number of alkyl halides is 1. The molecule has 0 radical (unpaired) electrons. The molecule has 0 spiro atoms. The summed E-state index contributed by atoms with van der Waals surface area (Å²) in [5.74, 6) is -1.10. The van der Waals surface area contributed by atoms with E-state index in [4.69, 9.17) is 23.2 Å². The number of hydrogen-bond donors (Lipinski definition) is 0. The fraction of sp³-hybridized carbons (Fsp3) is 0.0769. The zero-order chi connectivity index (χ0) is 13.3. The van der Waals surface area contributed by atoms with Gasteiger partial charge in [0.05, 0.1) is 10.4 Å². The summed E-state index contributed by atoms with van der Waals surface area (Å²) in [6.07, 6.45) is 0. The van der Waals surface area contributed by atoms with Gasteiger partial charge in [-0.1, -0.05) is 23.7 Å². The standard InChI is InChI=1S/C13H7BrCl2F2/c14-10-3-1-2-8(13(10)16)12(15)9-6-7(17)4-5-11(9)18/h1-6,12H. The lowest BCUT2D eigenvalue weighted by Gasteiger charge is -2.14. The van der Waals surface area contributed by atoms with Crippen LogP contribution in [0.3, 0.4) is 0 Å². The number of benzene rings is 2. The Bertz CT molecular complexity index is 585. The Kier molecular flexibility index (Phi) is 4.25. The Morgan fingerprint density at radius 3 is 2.50 bits per heavy atom. The van der Waals surface area contributed by atoms with Gasteiger partial charge in [0.2, 0.25) is 0 Å². The van der Waals surface area contributed by atoms with Crippen LogP contribution in [0, 0.1) is 11.6 Å². The van der Waals surface area contributed by atoms with Crippen LogP contribution < -0.4 is 0 Å². The van der Waals surface area contributed by atoms with Gasteiger partial charge in [-0.25, -0.2) is 8.78 Å². The maximum Gasteiger partial charge on any atom is 0.128 e. The summed E-state index contributed by atoms with van der Waals surface area (Å²) in [5, 5.41) is -0.452. The van der Waals surface area contributed by atoms with Crippen LogP contribution in [0.15, 0.2) is 40.9 Å². The van der Waals surface area contributed by atoms with Gasteiger partial charge in [-0.15, -0.1) is 11.6 Å². The zero-order valence-corrected chi connectivity index (χ0v) is 12.0. The maximum absolute atomic E-state index is 13.6. The van der Waals surface area contributed by atoms with Crippen molar-refractivity contribution in [3.8, 4) is 0 Å². The highest BCUT2D eigenvalue weighted by molar-refractivity contribution is 9.10. The van der Waals surface area contributed by atoms with E-state index in [2.05, 4.69) is 15.9 Å². The summed E-state index contributed by atoms with van der Waals surface area (Å²) >= 11 is 15.5. The Morgan fingerprint density at radius 2 is 1.78 bits per heavy atom. The molecule has 0 bridgehead atoms. The highest BCUT2D eigenvalue weighted by Crippen LogP contribution is 2.38. The lowest BCUT2D eigenvalue weighted by atomic mass is 10.0. The molecule has 2 aromatic rings. The van der Waals surface area contributed by atoms with E-state index < -0.39 is 17.0 Å². The minimum atomic E-state index is -0.842. The lowest BCUT2D eigenvalue weighted by Crippen LogP contribution is -1.99. The number of halogens is 5. The highest BCUT2D eigenvalue weighted by Gasteiger charge is 2.19. The minimum Gasteiger partial charge on any atom is -0.207 e. The molecule has 18 heavy (non-hydrogen) atoms. The Balaban J connectivity index is 2.51. The van der Waals surface area contributed by atoms with Crippen LogP contribution in [-0.4, -0.2) is 0 Å². The van der Waals surface area contributed by atoms with E-state index in [-0.39, 0.29) is 5.56 Å². The molecule has 2 aromatic carbocycles. The van der Waals surface area contributed by atoms with Crippen molar-refractivity contribution < 1.29 is 8.78 Å². The first-order valence-electron chi connectivity index (χ1n) is 5.03. The molecule has 0 fully saturated rings. The molecule has 0 saturated carbocycles. The first-order chi connectivity index (χ1) is 8.50. The first-order valence-corrected chi connectivity index (χ1v) is 6.64. The van der Waals surface area contributed by atoms with Gasteiger partial charge in [0, 0.05) is 10.0 Å². The molecule has 94 valence electrons. The molecule has 2 rings (SSSR count). The zero-order valence-electron chi connectivity index (χ0n) is 8.93. The van der Waals surface area contributed by atoms with Gasteiger partial charge < -0.3 is 0 Å². The van der Waals surface area contributed by atoms with Crippen LogP contribution in [0.4, 0.5) is 8.78 Å². The van der Waals surface area contributed by atoms with E-state index in [0.29, 0.717) is 15.1 Å². The predicted octanol–water partition coefficient (Wildman–Crippen LogP) is 5.71. The molecule has 0 heterocycles. The van der Waals surface area contributed by atoms with Crippen LogP contribution in [0.5, 0.6) is 0 Å². The normalized spacial score (nSPS) is 12.5. The lowest BCUT2D eigenvalue weighted by molar-refractivity contribution is 0.587. The van der Waals surface area contributed by atoms with E-state index >= 15 is 0 Å². The van der Waals surface area contributed by atoms with Crippen LogP contribution >= 0.6 is 39.1 Å². The second kappa shape index (κ2) is 5.55. The molecule has 0 saturated heterocycles. The van der Waals surface area contributed by atoms with Gasteiger partial charge in [0.1, 0.15) is 11.6 Å². The molecular formula is C13H7BrCl2F2. The van der Waals surface area contributed by atoms with Gasteiger partial charge >= 0.3 is 0 Å². The minimum absolute atomic E-state index is 0.0664. The molecule has 0 aromatic heterocycles. The third-order valence-electron chi connectivity index (χ3n) is 2.49. The third kappa shape index (κ3) is 2.68. The molecule has 0 N–H and O–H groups in total. The van der Waals surface area contributed by atoms with Crippen LogP contribution in [0.2, 0.25) is 5.02 Å². The summed E-state index contributed by atoms with van der Waals surface area (Å²) in [6.45, 7) is 0. The molecule has 0 aliphatic carbocycles. The first kappa shape index (κ1) is 13.8. The summed E-state index contributed by atoms with van der Waals surface area (Å²) in [4.78, 5) is 0. The van der Waals surface area contributed by atoms with Gasteiger partial charge in [0.25, 0.3) is 0 Å². The van der Waals surface area contributed by atoms with Crippen molar-refractivity contribution in [2.75, 3.05) is 0 Å². The average molecular weight is 352 g/mol. The van der Waals surface area contributed by atoms with Gasteiger partial charge in [0.15, 0.2) is 0 Å². The summed E-state index contributed by atoms with van der Waals surface area (Å²) in [5.41, 5.74) is 0.592. The maximum atomic E-state index is 13.6. The molecule has 1 unspecified atom stereocenters. The monoisotopic (exact) mass is 350 g/mol. The summed E-state index contributed by atoms with van der Waals surface area (Å²) < 4.78 is 27.4. The summed E-state index contributed by atoms with van der Waals surface area (Å²) in [7, 11) is 0. The predicted molar refractivity (Wildman–Crippen MR) is 73.2 cm³/mol. The number of rotatable bonds is 2. The Labute approximate surface area is 122 Å². The van der Waals surface area contributed by atoms with Crippen LogP contribution in [0.1, 0.15) is 16.5 Å². The SMILES string of the molecule is Fc1ccc(F)c(C(Cl)c2cccc(Br)c2Cl)c1. The third-order valence-corrected chi connectivity index (χ3v) is 4.27. The van der Waals surface area contributed by atoms with Crippen molar-refractivity contribution in [1.82, 2.24) is 0 Å². The molecule has 0 aliphatic heterocycles. The highest BCUT2D eigenvalue weighted by atomic mass is 79.9. The smallest absolute Gasteiger partial charge is 0.128 e. The van der Waals surface area contributed by atoms with Gasteiger partial charge in [-0.3, -0.25) is 0 Å². The van der Waals surface area contributed by atoms with E-state index in [1.165, 1.54) is 0 Å². The molecular weight excluding hydrogens is 345 g/mol. The average Bonchev–Trinajstić information content (AvgIpc) is 2.35. The van der Waals surface area contributed by atoms with Gasteiger partial charge in [-0.05, 0) is 45.8 Å². The second-order valence-corrected chi connectivity index (χ2v) is 5.34. The van der Waals surface area contributed by atoms with Crippen molar-refractivity contribution in [1.29, 1.82) is 0 Å². The molecule has 0 amide bonds. The second-order valence-electron chi connectivity index (χ2n) is 3.67. The molecule has 0 aliphatic rings. The Hall–Kier alpha value is -0.640. The van der Waals surface area contributed by atoms with Crippen molar-refractivity contribution in [2.45, 2.75) is 5.38 Å².